The van der Waals surface area contributed by atoms with E-state index in [0.29, 0.717) is 12.8 Å². The second-order valence-electron chi connectivity index (χ2n) is 24.6. The van der Waals surface area contributed by atoms with Crippen LogP contribution in [0, 0.1) is 0 Å². The van der Waals surface area contributed by atoms with Crippen LogP contribution in [0.5, 0.6) is 0 Å². The van der Waals surface area contributed by atoms with Crippen LogP contribution in [-0.4, -0.2) is 216 Å². The van der Waals surface area contributed by atoms with Gasteiger partial charge < -0.3 is 100 Å². The first kappa shape index (κ1) is 77.5. The lowest BCUT2D eigenvalue weighted by Gasteiger charge is -2.49. The van der Waals surface area contributed by atoms with Crippen molar-refractivity contribution in [1.82, 2.24) is 10.6 Å². The molecule has 14 N–H and O–H groups in total. The minimum absolute atomic E-state index is 0.122. The van der Waals surface area contributed by atoms with Crippen molar-refractivity contribution in [2.75, 3.05) is 26.4 Å². The predicted octanol–water partition coefficient (Wildman–Crippen LogP) is 4.86. The third-order valence-electron chi connectivity index (χ3n) is 17.3. The summed E-state index contributed by atoms with van der Waals surface area (Å²) < 4.78 is 36.0. The molecule has 0 radical (unpaired) electrons. The van der Waals surface area contributed by atoms with Crippen LogP contribution in [-0.2, 0) is 38.0 Å². The smallest absolute Gasteiger partial charge is 0.249 e. The Morgan fingerprint density at radius 3 is 1.22 bits per heavy atom. The fourth-order valence-electron chi connectivity index (χ4n) is 11.8. The molecular weight excluding hydrogens is 1100 g/mol. The largest absolute Gasteiger partial charge is 0.394 e. The van der Waals surface area contributed by atoms with E-state index in [4.69, 9.17) is 28.4 Å². The molecule has 0 aliphatic carbocycles. The summed E-state index contributed by atoms with van der Waals surface area (Å²) >= 11 is 0. The molecule has 3 heterocycles. The first-order valence-electron chi connectivity index (χ1n) is 33.5. The number of ether oxygens (including phenoxy) is 6. The van der Waals surface area contributed by atoms with E-state index in [1.165, 1.54) is 141 Å². The molecule has 3 aliphatic rings. The van der Waals surface area contributed by atoms with E-state index >= 15 is 0 Å². The fourth-order valence-corrected chi connectivity index (χ4v) is 11.8. The van der Waals surface area contributed by atoms with Crippen LogP contribution in [0.2, 0.25) is 0 Å². The van der Waals surface area contributed by atoms with Crippen molar-refractivity contribution in [1.29, 1.82) is 0 Å². The van der Waals surface area contributed by atoms with Gasteiger partial charge in [-0.15, -0.1) is 0 Å². The van der Waals surface area contributed by atoms with Gasteiger partial charge in [0.1, 0.15) is 85.4 Å². The summed E-state index contributed by atoms with van der Waals surface area (Å²) in [6.07, 6.45) is 9.13. The molecular formula is C63H120N2O20. The van der Waals surface area contributed by atoms with Gasteiger partial charge in [0.2, 0.25) is 11.8 Å². The van der Waals surface area contributed by atoms with E-state index in [1.54, 1.807) is 0 Å². The number of rotatable bonds is 50. The molecule has 19 atom stereocenters. The normalized spacial score (nSPS) is 29.6. The number of hydrogen-bond donors (Lipinski definition) is 14. The Morgan fingerprint density at radius 1 is 0.435 bits per heavy atom. The van der Waals surface area contributed by atoms with Crippen molar-refractivity contribution in [2.24, 2.45) is 0 Å². The summed E-state index contributed by atoms with van der Waals surface area (Å²) in [5.74, 6) is -1.56. The van der Waals surface area contributed by atoms with Crippen LogP contribution in [0.4, 0.5) is 0 Å². The van der Waals surface area contributed by atoms with Crippen molar-refractivity contribution in [3.63, 3.8) is 0 Å². The van der Waals surface area contributed by atoms with E-state index in [-0.39, 0.29) is 12.8 Å². The lowest BCUT2D eigenvalue weighted by Crippen LogP contribution is -2.69. The van der Waals surface area contributed by atoms with Crippen molar-refractivity contribution in [3.8, 4) is 0 Å². The van der Waals surface area contributed by atoms with Crippen LogP contribution in [0.15, 0.2) is 0 Å². The molecule has 85 heavy (non-hydrogen) atoms. The standard InChI is InChI=1S/C63H120N2O20/c1-4-6-8-10-12-14-16-18-19-20-21-22-23-24-26-28-30-32-34-36-38-46(71)60(79)65-44(51(72)45(70)37-35-33-31-29-27-25-17-15-13-11-9-7-5-2)42-80-63-59(85-62-57(78)56(77)53(74)48(40-67)82-62)58(54(75)49(41-68)83-63)84-61-50(64-43(3)69)55(76)52(73)47(39-66)81-61/h44-59,61-63,66-68,70-78H,4-42H2,1-3H3,(H,64,69)(H,65,79)/t44-,45+,46+,47+,48+,49+,50+,51-,52-,53-,54-,55+,56-,57+,58-,59+,61+,62+,63-/m0/s1. The maximum absolute atomic E-state index is 13.8. The fraction of sp³-hybridized carbons (Fsp3) is 0.968. The third-order valence-corrected chi connectivity index (χ3v) is 17.3. The van der Waals surface area contributed by atoms with E-state index in [2.05, 4.69) is 24.5 Å². The molecule has 3 fully saturated rings. The molecule has 22 heteroatoms. The maximum Gasteiger partial charge on any atom is 0.249 e. The van der Waals surface area contributed by atoms with Gasteiger partial charge >= 0.3 is 0 Å². The highest BCUT2D eigenvalue weighted by Crippen LogP contribution is 2.34. The summed E-state index contributed by atoms with van der Waals surface area (Å²) in [5, 5.41) is 136. The van der Waals surface area contributed by atoms with Crippen LogP contribution < -0.4 is 10.6 Å². The molecule has 22 nitrogen and oxygen atoms in total. The first-order chi connectivity index (χ1) is 41.0. The Kier molecular flexibility index (Phi) is 42.2. The number of aliphatic hydroxyl groups excluding tert-OH is 12. The van der Waals surface area contributed by atoms with Gasteiger partial charge in [-0.1, -0.05) is 226 Å². The molecule has 0 spiro atoms. The number of nitrogens with one attached hydrogen (secondary N) is 2. The molecule has 2 amide bonds. The summed E-state index contributed by atoms with van der Waals surface area (Å²) in [5.41, 5.74) is 0. The Hall–Kier alpha value is -1.78. The van der Waals surface area contributed by atoms with Gasteiger partial charge in [0.25, 0.3) is 0 Å². The lowest BCUT2D eigenvalue weighted by molar-refractivity contribution is -0.387. The number of aliphatic hydroxyl groups is 12. The summed E-state index contributed by atoms with van der Waals surface area (Å²) in [6, 6.07) is -3.01. The zero-order chi connectivity index (χ0) is 62.4. The Labute approximate surface area is 508 Å². The molecule has 3 rings (SSSR count). The molecule has 0 bridgehead atoms. The van der Waals surface area contributed by atoms with Crippen molar-refractivity contribution in [3.05, 3.63) is 0 Å². The highest BCUT2D eigenvalue weighted by Gasteiger charge is 2.55. The van der Waals surface area contributed by atoms with Gasteiger partial charge in [0.05, 0.1) is 38.6 Å². The summed E-state index contributed by atoms with van der Waals surface area (Å²) in [4.78, 5) is 26.2. The molecule has 0 aromatic heterocycles. The Morgan fingerprint density at radius 2 is 0.800 bits per heavy atom. The molecule has 3 aliphatic heterocycles. The van der Waals surface area contributed by atoms with E-state index < -0.39 is 155 Å². The molecule has 0 aromatic rings. The average molecular weight is 1230 g/mol. The summed E-state index contributed by atoms with van der Waals surface area (Å²) in [6.45, 7) is 2.28. The monoisotopic (exact) mass is 1220 g/mol. The molecule has 0 saturated carbocycles. The van der Waals surface area contributed by atoms with E-state index in [0.717, 1.165) is 64.7 Å². The molecule has 0 unspecified atom stereocenters. The second kappa shape index (κ2) is 46.3. The molecule has 0 aromatic carbocycles. The highest BCUT2D eigenvalue weighted by molar-refractivity contribution is 5.80. The van der Waals surface area contributed by atoms with Crippen LogP contribution in [0.25, 0.3) is 0 Å². The zero-order valence-electron chi connectivity index (χ0n) is 52.2. The average Bonchev–Trinajstić information content (AvgIpc) is 1.60. The number of unbranched alkanes of at least 4 members (excludes halogenated alkanes) is 31. The van der Waals surface area contributed by atoms with Crippen molar-refractivity contribution < 1.29 is 99.3 Å². The topological polar surface area (TPSA) is 356 Å². The van der Waals surface area contributed by atoms with Gasteiger partial charge in [-0.05, 0) is 12.8 Å². The van der Waals surface area contributed by atoms with Crippen LogP contribution in [0.1, 0.15) is 245 Å². The quantitative estimate of drug-likeness (QED) is 0.0362. The highest BCUT2D eigenvalue weighted by atomic mass is 16.8. The maximum atomic E-state index is 13.8. The van der Waals surface area contributed by atoms with Crippen LogP contribution >= 0.6 is 0 Å². The van der Waals surface area contributed by atoms with Crippen molar-refractivity contribution >= 4 is 11.8 Å². The zero-order valence-corrected chi connectivity index (χ0v) is 52.2. The van der Waals surface area contributed by atoms with Gasteiger partial charge in [-0.3, -0.25) is 9.59 Å². The van der Waals surface area contributed by atoms with Gasteiger partial charge in [0.15, 0.2) is 18.9 Å². The molecule has 502 valence electrons. The third kappa shape index (κ3) is 29.4. The summed E-state index contributed by atoms with van der Waals surface area (Å²) in [7, 11) is 0. The SMILES string of the molecule is CCCCCCCCCCCCCCCCCCCCCC[C@@H](O)C(=O)N[C@@H](CO[C@H]1O[C@H](CO)[C@H](O)[C@H](O[C@H]2O[C@H](CO)[C@H](O)[C@H](O)[C@H]2NC(C)=O)[C@H]1O[C@H]1O[C@H](CO)[C@H](O)[C@H](O)[C@H]1O)[C@H](O)[C@H](O)CCCCCCCCCCCCCCC. The first-order valence-corrected chi connectivity index (χ1v) is 33.5. The van der Waals surface area contributed by atoms with E-state index in [9.17, 15) is 70.9 Å². The van der Waals surface area contributed by atoms with E-state index in [1.807, 2.05) is 0 Å². The lowest BCUT2D eigenvalue weighted by atomic mass is 9.95. The number of carbonyl (C=O) groups excluding carboxylic acids is 2. The van der Waals surface area contributed by atoms with Crippen LogP contribution in [0.3, 0.4) is 0 Å². The Bertz CT molecular complexity index is 1660. The predicted molar refractivity (Wildman–Crippen MR) is 319 cm³/mol. The Balaban J connectivity index is 1.71. The second-order valence-corrected chi connectivity index (χ2v) is 24.6. The number of carbonyl (C=O) groups is 2. The molecule has 3 saturated heterocycles. The minimum atomic E-state index is -2.03. The van der Waals surface area contributed by atoms with Gasteiger partial charge in [0, 0.05) is 6.92 Å². The minimum Gasteiger partial charge on any atom is -0.394 e. The number of hydrogen-bond acceptors (Lipinski definition) is 20. The van der Waals surface area contributed by atoms with Gasteiger partial charge in [-0.2, -0.15) is 0 Å². The van der Waals surface area contributed by atoms with Crippen molar-refractivity contribution in [2.45, 2.75) is 362 Å². The number of amides is 2. The van der Waals surface area contributed by atoms with Gasteiger partial charge in [-0.25, -0.2) is 0 Å².